The van der Waals surface area contributed by atoms with E-state index in [0.29, 0.717) is 34.8 Å². The zero-order valence-electron chi connectivity index (χ0n) is 14.5. The number of nitrogens with two attached hydrogens (primary N) is 1. The molecular formula is C19H23NO4. The summed E-state index contributed by atoms with van der Waals surface area (Å²) in [5.41, 5.74) is 9.05. The third kappa shape index (κ3) is 2.70. The second-order valence-electron chi connectivity index (χ2n) is 5.87. The molecule has 2 aromatic rings. The number of nitrogen functional groups attached to an aromatic ring is 1. The molecule has 0 aromatic heterocycles. The first-order chi connectivity index (χ1) is 11.6. The lowest BCUT2D eigenvalue weighted by Gasteiger charge is -2.16. The Hall–Kier alpha value is -2.56. The fourth-order valence-electron chi connectivity index (χ4n) is 3.31. The van der Waals surface area contributed by atoms with Gasteiger partial charge in [-0.05, 0) is 42.0 Å². The SMILES string of the molecule is COc1ccc([C@H]2C[C@H]2c2ccc(OC)c(OC)c2OC)cc1N. The van der Waals surface area contributed by atoms with Crippen LogP contribution >= 0.6 is 0 Å². The van der Waals surface area contributed by atoms with Crippen LogP contribution in [0.3, 0.4) is 0 Å². The summed E-state index contributed by atoms with van der Waals surface area (Å²) in [7, 11) is 6.53. The van der Waals surface area contributed by atoms with Gasteiger partial charge >= 0.3 is 0 Å². The molecule has 128 valence electrons. The van der Waals surface area contributed by atoms with Gasteiger partial charge in [0, 0.05) is 5.56 Å². The lowest BCUT2D eigenvalue weighted by Crippen LogP contribution is -1.99. The van der Waals surface area contributed by atoms with Crippen molar-refractivity contribution in [2.24, 2.45) is 0 Å². The summed E-state index contributed by atoms with van der Waals surface area (Å²) in [5, 5.41) is 0. The molecule has 2 aromatic carbocycles. The fraction of sp³-hybridized carbons (Fsp3) is 0.368. The Labute approximate surface area is 142 Å². The van der Waals surface area contributed by atoms with Gasteiger partial charge in [0.2, 0.25) is 5.75 Å². The van der Waals surface area contributed by atoms with Gasteiger partial charge in [0.25, 0.3) is 0 Å². The molecule has 5 nitrogen and oxygen atoms in total. The maximum atomic E-state index is 6.03. The molecule has 1 fully saturated rings. The predicted octanol–water partition coefficient (Wildman–Crippen LogP) is 3.57. The van der Waals surface area contributed by atoms with Crippen LogP contribution in [0.1, 0.15) is 29.4 Å². The van der Waals surface area contributed by atoms with E-state index in [1.807, 2.05) is 18.2 Å². The van der Waals surface area contributed by atoms with Crippen LogP contribution in [0.4, 0.5) is 5.69 Å². The molecule has 0 spiro atoms. The van der Waals surface area contributed by atoms with Crippen molar-refractivity contribution in [3.05, 3.63) is 41.5 Å². The third-order valence-corrected chi connectivity index (χ3v) is 4.61. The molecule has 2 atom stereocenters. The van der Waals surface area contributed by atoms with Crippen molar-refractivity contribution in [2.45, 2.75) is 18.3 Å². The van der Waals surface area contributed by atoms with E-state index in [0.717, 1.165) is 17.7 Å². The van der Waals surface area contributed by atoms with Gasteiger partial charge in [-0.3, -0.25) is 0 Å². The van der Waals surface area contributed by atoms with E-state index in [9.17, 15) is 0 Å². The van der Waals surface area contributed by atoms with Gasteiger partial charge in [0.1, 0.15) is 5.75 Å². The summed E-state index contributed by atoms with van der Waals surface area (Å²) in [6, 6.07) is 9.97. The van der Waals surface area contributed by atoms with Crippen LogP contribution in [0.15, 0.2) is 30.3 Å². The lowest BCUT2D eigenvalue weighted by molar-refractivity contribution is 0.322. The molecule has 0 bridgehead atoms. The summed E-state index contributed by atoms with van der Waals surface area (Å²) in [5.74, 6) is 3.56. The van der Waals surface area contributed by atoms with Gasteiger partial charge in [0.15, 0.2) is 11.5 Å². The average molecular weight is 329 g/mol. The van der Waals surface area contributed by atoms with E-state index in [-0.39, 0.29) is 0 Å². The Morgan fingerprint density at radius 1 is 0.792 bits per heavy atom. The van der Waals surface area contributed by atoms with Gasteiger partial charge in [-0.2, -0.15) is 0 Å². The number of rotatable bonds is 6. The van der Waals surface area contributed by atoms with E-state index in [1.54, 1.807) is 28.4 Å². The maximum Gasteiger partial charge on any atom is 0.203 e. The standard InChI is InChI=1S/C19H23NO4/c1-21-16-7-5-11(9-15(16)20)13-10-14(13)12-6-8-17(22-2)19(24-4)18(12)23-3/h5-9,13-14H,10,20H2,1-4H3/t13-,14+/m1/s1. The molecule has 0 amide bonds. The highest BCUT2D eigenvalue weighted by Crippen LogP contribution is 2.59. The van der Waals surface area contributed by atoms with Gasteiger partial charge in [-0.25, -0.2) is 0 Å². The van der Waals surface area contributed by atoms with Crippen molar-refractivity contribution in [3.63, 3.8) is 0 Å². The molecule has 5 heteroatoms. The van der Waals surface area contributed by atoms with E-state index in [4.69, 9.17) is 24.7 Å². The summed E-state index contributed by atoms with van der Waals surface area (Å²) in [6.07, 6.45) is 1.05. The Morgan fingerprint density at radius 3 is 2.04 bits per heavy atom. The quantitative estimate of drug-likeness (QED) is 0.821. The molecule has 1 saturated carbocycles. The highest BCUT2D eigenvalue weighted by Gasteiger charge is 2.42. The first-order valence-electron chi connectivity index (χ1n) is 7.86. The van der Waals surface area contributed by atoms with Gasteiger partial charge in [-0.1, -0.05) is 12.1 Å². The number of hydrogen-bond donors (Lipinski definition) is 1. The molecule has 0 heterocycles. The molecule has 1 aliphatic rings. The number of anilines is 1. The molecule has 0 unspecified atom stereocenters. The monoisotopic (exact) mass is 329 g/mol. The molecule has 2 N–H and O–H groups in total. The van der Waals surface area contributed by atoms with Crippen LogP contribution in [-0.4, -0.2) is 28.4 Å². The Balaban J connectivity index is 1.91. The molecule has 1 aliphatic carbocycles. The molecule has 0 aliphatic heterocycles. The van der Waals surface area contributed by atoms with Crippen LogP contribution in [-0.2, 0) is 0 Å². The van der Waals surface area contributed by atoms with E-state index < -0.39 is 0 Å². The molecule has 3 rings (SSSR count). The fourth-order valence-corrected chi connectivity index (χ4v) is 3.31. The smallest absolute Gasteiger partial charge is 0.203 e. The van der Waals surface area contributed by atoms with Crippen molar-refractivity contribution in [1.29, 1.82) is 0 Å². The van der Waals surface area contributed by atoms with E-state index in [1.165, 1.54) is 5.56 Å². The Morgan fingerprint density at radius 2 is 1.46 bits per heavy atom. The van der Waals surface area contributed by atoms with Gasteiger partial charge < -0.3 is 24.7 Å². The second kappa shape index (κ2) is 6.51. The average Bonchev–Trinajstić information content (AvgIpc) is 3.40. The minimum atomic E-state index is 0.382. The van der Waals surface area contributed by atoms with Gasteiger partial charge in [0.05, 0.1) is 34.1 Å². The molecule has 0 radical (unpaired) electrons. The zero-order chi connectivity index (χ0) is 17.3. The van der Waals surface area contributed by atoms with Crippen LogP contribution in [0, 0.1) is 0 Å². The van der Waals surface area contributed by atoms with Crippen molar-refractivity contribution in [2.75, 3.05) is 34.2 Å². The zero-order valence-corrected chi connectivity index (χ0v) is 14.5. The van der Waals surface area contributed by atoms with E-state index in [2.05, 4.69) is 12.1 Å². The van der Waals surface area contributed by atoms with Crippen molar-refractivity contribution >= 4 is 5.69 Å². The summed E-state index contributed by atoms with van der Waals surface area (Å²) in [6.45, 7) is 0. The maximum absolute atomic E-state index is 6.03. The van der Waals surface area contributed by atoms with Gasteiger partial charge in [-0.15, -0.1) is 0 Å². The largest absolute Gasteiger partial charge is 0.495 e. The van der Waals surface area contributed by atoms with E-state index >= 15 is 0 Å². The van der Waals surface area contributed by atoms with Crippen LogP contribution in [0.25, 0.3) is 0 Å². The van der Waals surface area contributed by atoms with Crippen LogP contribution < -0.4 is 24.7 Å². The molecule has 0 saturated heterocycles. The summed E-state index contributed by atoms with van der Waals surface area (Å²) < 4.78 is 21.7. The van der Waals surface area contributed by atoms with Crippen molar-refractivity contribution in [3.8, 4) is 23.0 Å². The Kier molecular flexibility index (Phi) is 4.42. The second-order valence-corrected chi connectivity index (χ2v) is 5.87. The summed E-state index contributed by atoms with van der Waals surface area (Å²) in [4.78, 5) is 0. The van der Waals surface area contributed by atoms with Crippen molar-refractivity contribution in [1.82, 2.24) is 0 Å². The molecular weight excluding hydrogens is 306 g/mol. The van der Waals surface area contributed by atoms with Crippen molar-refractivity contribution < 1.29 is 18.9 Å². The first kappa shape index (κ1) is 16.3. The number of ether oxygens (including phenoxy) is 4. The lowest BCUT2D eigenvalue weighted by atomic mass is 10.0. The number of benzene rings is 2. The Bertz CT molecular complexity index is 744. The van der Waals surface area contributed by atoms with Crippen LogP contribution in [0.5, 0.6) is 23.0 Å². The third-order valence-electron chi connectivity index (χ3n) is 4.61. The minimum Gasteiger partial charge on any atom is -0.495 e. The topological polar surface area (TPSA) is 62.9 Å². The van der Waals surface area contributed by atoms with Crippen LogP contribution in [0.2, 0.25) is 0 Å². The minimum absolute atomic E-state index is 0.382. The highest BCUT2D eigenvalue weighted by atomic mass is 16.5. The first-order valence-corrected chi connectivity index (χ1v) is 7.86. The highest BCUT2D eigenvalue weighted by molar-refractivity contribution is 5.60. The normalized spacial score (nSPS) is 18.8. The number of methoxy groups -OCH3 is 4. The summed E-state index contributed by atoms with van der Waals surface area (Å²) >= 11 is 0. The molecule has 24 heavy (non-hydrogen) atoms. The predicted molar refractivity (Wildman–Crippen MR) is 93.6 cm³/mol. The number of hydrogen-bond acceptors (Lipinski definition) is 5.